The van der Waals surface area contributed by atoms with Crippen molar-refractivity contribution in [3.8, 4) is 0 Å². The zero-order chi connectivity index (χ0) is 10.0. The molecule has 70 valence electrons. The van der Waals surface area contributed by atoms with Gasteiger partial charge in [0.15, 0.2) is 0 Å². The summed E-state index contributed by atoms with van der Waals surface area (Å²) in [4.78, 5) is 28.6. The van der Waals surface area contributed by atoms with E-state index in [-0.39, 0.29) is 12.4 Å². The molecule has 1 amide bonds. The van der Waals surface area contributed by atoms with Crippen LogP contribution in [0.15, 0.2) is 9.98 Å². The fourth-order valence-corrected chi connectivity index (χ4v) is 1.06. The third-order valence-electron chi connectivity index (χ3n) is 1.70. The van der Waals surface area contributed by atoms with E-state index in [0.29, 0.717) is 5.71 Å². The molecule has 0 saturated carbocycles. The second kappa shape index (κ2) is 3.34. The van der Waals surface area contributed by atoms with Gasteiger partial charge >= 0.3 is 5.97 Å². The van der Waals surface area contributed by atoms with Crippen molar-refractivity contribution in [2.75, 3.05) is 0 Å². The molecule has 1 unspecified atom stereocenters. The van der Waals surface area contributed by atoms with Crippen molar-refractivity contribution in [3.63, 3.8) is 0 Å². The molecule has 6 heteroatoms. The Morgan fingerprint density at radius 3 is 2.69 bits per heavy atom. The number of carboxylic acid groups (broad SMARTS) is 1. The highest BCUT2D eigenvalue weighted by Crippen LogP contribution is 2.12. The van der Waals surface area contributed by atoms with E-state index in [1.54, 1.807) is 6.92 Å². The van der Waals surface area contributed by atoms with Gasteiger partial charge in [-0.1, -0.05) is 0 Å². The molecule has 0 bridgehead atoms. The molecule has 1 heterocycles. The molecule has 1 rings (SSSR count). The molecule has 13 heavy (non-hydrogen) atoms. The molecule has 0 radical (unpaired) electrons. The number of rotatable bonds is 2. The number of aliphatic carboxylic acids is 1. The average molecular weight is 183 g/mol. The molecule has 0 spiro atoms. The molecule has 3 N–H and O–H groups in total. The van der Waals surface area contributed by atoms with Crippen LogP contribution in [0.1, 0.15) is 13.3 Å². The lowest BCUT2D eigenvalue weighted by molar-refractivity contribution is -0.139. The normalized spacial score (nSPS) is 22.2. The number of aliphatic imine (C=N–C) groups is 2. The Bertz CT molecular complexity index is 319. The maximum Gasteiger partial charge on any atom is 0.304 e. The zero-order valence-corrected chi connectivity index (χ0v) is 7.02. The monoisotopic (exact) mass is 183 g/mol. The van der Waals surface area contributed by atoms with Crippen LogP contribution in [-0.2, 0) is 9.59 Å². The molecule has 0 fully saturated rings. The Morgan fingerprint density at radius 1 is 1.62 bits per heavy atom. The SMILES string of the molecule is CC1=NC(N)=NC(=O)C1CC(=O)O. The molecule has 0 aliphatic carbocycles. The third kappa shape index (κ3) is 2.11. The van der Waals surface area contributed by atoms with Gasteiger partial charge in [0.05, 0.1) is 12.3 Å². The van der Waals surface area contributed by atoms with Crippen molar-refractivity contribution in [1.82, 2.24) is 0 Å². The first-order valence-electron chi connectivity index (χ1n) is 3.65. The number of nitrogens with two attached hydrogens (primary N) is 1. The second-order valence-corrected chi connectivity index (χ2v) is 2.71. The Hall–Kier alpha value is -1.72. The lowest BCUT2D eigenvalue weighted by Crippen LogP contribution is -2.31. The minimum absolute atomic E-state index is 0.107. The number of carboxylic acids is 1. The third-order valence-corrected chi connectivity index (χ3v) is 1.70. The topological polar surface area (TPSA) is 105 Å². The maximum absolute atomic E-state index is 11.1. The van der Waals surface area contributed by atoms with Gasteiger partial charge in [-0.2, -0.15) is 4.99 Å². The first kappa shape index (κ1) is 9.37. The Balaban J connectivity index is 2.84. The summed E-state index contributed by atoms with van der Waals surface area (Å²) >= 11 is 0. The lowest BCUT2D eigenvalue weighted by atomic mass is 9.99. The fraction of sp³-hybridized carbons (Fsp3) is 0.429. The fourth-order valence-electron chi connectivity index (χ4n) is 1.06. The van der Waals surface area contributed by atoms with E-state index in [2.05, 4.69) is 9.98 Å². The van der Waals surface area contributed by atoms with Crippen LogP contribution >= 0.6 is 0 Å². The van der Waals surface area contributed by atoms with Crippen molar-refractivity contribution in [1.29, 1.82) is 0 Å². The predicted octanol–water partition coefficient (Wildman–Crippen LogP) is -0.607. The predicted molar refractivity (Wildman–Crippen MR) is 45.5 cm³/mol. The van der Waals surface area contributed by atoms with Gasteiger partial charge < -0.3 is 10.8 Å². The number of nitrogens with zero attached hydrogens (tertiary/aromatic N) is 2. The average Bonchev–Trinajstić information content (AvgIpc) is 1.96. The first-order chi connectivity index (χ1) is 6.00. The largest absolute Gasteiger partial charge is 0.481 e. The first-order valence-corrected chi connectivity index (χ1v) is 3.65. The van der Waals surface area contributed by atoms with Crippen LogP contribution in [-0.4, -0.2) is 28.7 Å². The smallest absolute Gasteiger partial charge is 0.304 e. The summed E-state index contributed by atoms with van der Waals surface area (Å²) in [5, 5.41) is 8.48. The van der Waals surface area contributed by atoms with Crippen molar-refractivity contribution in [3.05, 3.63) is 0 Å². The van der Waals surface area contributed by atoms with Crippen molar-refractivity contribution in [2.45, 2.75) is 13.3 Å². The molecule has 1 aliphatic rings. The van der Waals surface area contributed by atoms with Crippen molar-refractivity contribution >= 4 is 23.5 Å². The highest BCUT2D eigenvalue weighted by molar-refractivity contribution is 6.15. The lowest BCUT2D eigenvalue weighted by Gasteiger charge is -2.14. The summed E-state index contributed by atoms with van der Waals surface area (Å²) in [6.07, 6.45) is -0.287. The molecule has 0 saturated heterocycles. The van der Waals surface area contributed by atoms with Crippen LogP contribution in [0.2, 0.25) is 0 Å². The van der Waals surface area contributed by atoms with Gasteiger partial charge in [0.1, 0.15) is 0 Å². The Kier molecular flexibility index (Phi) is 2.41. The van der Waals surface area contributed by atoms with Crippen LogP contribution < -0.4 is 5.73 Å². The summed E-state index contributed by atoms with van der Waals surface area (Å²) in [5.41, 5.74) is 5.61. The van der Waals surface area contributed by atoms with E-state index in [9.17, 15) is 9.59 Å². The van der Waals surface area contributed by atoms with Crippen molar-refractivity contribution in [2.24, 2.45) is 21.6 Å². The number of guanidine groups is 1. The van der Waals surface area contributed by atoms with Gasteiger partial charge in [-0.15, -0.1) is 0 Å². The van der Waals surface area contributed by atoms with E-state index in [1.165, 1.54) is 0 Å². The van der Waals surface area contributed by atoms with Crippen LogP contribution in [0.4, 0.5) is 0 Å². The number of carbonyl (C=O) groups is 2. The van der Waals surface area contributed by atoms with Crippen LogP contribution in [0.3, 0.4) is 0 Å². The number of carbonyl (C=O) groups excluding carboxylic acids is 1. The summed E-state index contributed by atoms with van der Waals surface area (Å²) in [5.74, 6) is -2.45. The van der Waals surface area contributed by atoms with E-state index in [4.69, 9.17) is 10.8 Å². The second-order valence-electron chi connectivity index (χ2n) is 2.71. The van der Waals surface area contributed by atoms with E-state index < -0.39 is 17.8 Å². The highest BCUT2D eigenvalue weighted by atomic mass is 16.4. The van der Waals surface area contributed by atoms with Gasteiger partial charge in [-0.05, 0) is 6.92 Å². The quantitative estimate of drug-likeness (QED) is 0.595. The molecule has 0 aromatic carbocycles. The summed E-state index contributed by atoms with van der Waals surface area (Å²) < 4.78 is 0. The van der Waals surface area contributed by atoms with Gasteiger partial charge in [-0.3, -0.25) is 9.59 Å². The summed E-state index contributed by atoms with van der Waals surface area (Å²) in [6.45, 7) is 1.56. The summed E-state index contributed by atoms with van der Waals surface area (Å²) in [7, 11) is 0. The standard InChI is InChI=1S/C7H9N3O3/c1-3-4(2-5(11)12)6(13)10-7(8)9-3/h4H,2H2,1H3,(H,11,12)(H2,8,10,13). The number of hydrogen-bond donors (Lipinski definition) is 2. The van der Waals surface area contributed by atoms with Gasteiger partial charge in [0, 0.05) is 5.71 Å². The van der Waals surface area contributed by atoms with E-state index >= 15 is 0 Å². The Morgan fingerprint density at radius 2 is 2.23 bits per heavy atom. The molecular formula is C7H9N3O3. The minimum Gasteiger partial charge on any atom is -0.481 e. The number of hydrogen-bond acceptors (Lipinski definition) is 4. The minimum atomic E-state index is -1.05. The molecule has 0 aromatic heterocycles. The molecular weight excluding hydrogens is 174 g/mol. The van der Waals surface area contributed by atoms with Crippen LogP contribution in [0, 0.1) is 5.92 Å². The molecule has 0 aromatic rings. The maximum atomic E-state index is 11.1. The summed E-state index contributed by atoms with van der Waals surface area (Å²) in [6, 6.07) is 0. The molecule has 6 nitrogen and oxygen atoms in total. The van der Waals surface area contributed by atoms with E-state index in [0.717, 1.165) is 0 Å². The van der Waals surface area contributed by atoms with Gasteiger partial charge in [-0.25, -0.2) is 4.99 Å². The van der Waals surface area contributed by atoms with Crippen molar-refractivity contribution < 1.29 is 14.7 Å². The van der Waals surface area contributed by atoms with E-state index in [1.807, 2.05) is 0 Å². The molecule has 1 aliphatic heterocycles. The van der Waals surface area contributed by atoms with Crippen LogP contribution in [0.5, 0.6) is 0 Å². The highest BCUT2D eigenvalue weighted by Gasteiger charge is 2.27. The zero-order valence-electron chi connectivity index (χ0n) is 7.02. The Labute approximate surface area is 74.2 Å². The number of amides is 1. The van der Waals surface area contributed by atoms with Crippen LogP contribution in [0.25, 0.3) is 0 Å². The van der Waals surface area contributed by atoms with Gasteiger partial charge in [0.25, 0.3) is 5.91 Å². The molecule has 1 atom stereocenters. The van der Waals surface area contributed by atoms with Gasteiger partial charge in [0.2, 0.25) is 5.96 Å².